The lowest BCUT2D eigenvalue weighted by Crippen LogP contribution is -2.56. The average Bonchev–Trinajstić information content (AvgIpc) is 3.26. The van der Waals surface area contributed by atoms with E-state index in [9.17, 15) is 24.3 Å². The van der Waals surface area contributed by atoms with Crippen molar-refractivity contribution >= 4 is 66.9 Å². The average molecular weight is 686 g/mol. The molecule has 9 heteroatoms. The van der Waals surface area contributed by atoms with Gasteiger partial charge in [0, 0.05) is 5.56 Å². The number of aromatic carboxylic acids is 1. The van der Waals surface area contributed by atoms with Crippen LogP contribution in [0.15, 0.2) is 91.0 Å². The molecule has 8 rings (SSSR count). The second-order valence-electron chi connectivity index (χ2n) is 10.8. The summed E-state index contributed by atoms with van der Waals surface area (Å²) in [7, 11) is 0. The Labute approximate surface area is 257 Å². The largest absolute Gasteiger partial charge is 0.478 e. The molecule has 0 saturated carbocycles. The van der Waals surface area contributed by atoms with Crippen LogP contribution in [0.3, 0.4) is 0 Å². The molecule has 0 radical (unpaired) electrons. The molecule has 3 aliphatic carbocycles. The second kappa shape index (κ2) is 9.21. The van der Waals surface area contributed by atoms with Gasteiger partial charge in [0.1, 0.15) is 0 Å². The molecule has 2 atom stereocenters. The van der Waals surface area contributed by atoms with Crippen LogP contribution in [0.5, 0.6) is 0 Å². The van der Waals surface area contributed by atoms with Gasteiger partial charge in [-0.05, 0) is 65.1 Å². The molecule has 0 aromatic heterocycles. The molecule has 2 bridgehead atoms. The molecular formula is C33H22Br2N2O5. The molecule has 4 aromatic rings. The van der Waals surface area contributed by atoms with E-state index in [0.29, 0.717) is 0 Å². The summed E-state index contributed by atoms with van der Waals surface area (Å²) >= 11 is 7.99. The first kappa shape index (κ1) is 26.8. The predicted molar refractivity (Wildman–Crippen MR) is 164 cm³/mol. The van der Waals surface area contributed by atoms with Crippen LogP contribution in [-0.4, -0.2) is 28.8 Å². The molecule has 2 N–H and O–H groups in total. The number of imide groups is 1. The van der Waals surface area contributed by atoms with Gasteiger partial charge >= 0.3 is 5.97 Å². The zero-order chi connectivity index (χ0) is 29.6. The zero-order valence-corrected chi connectivity index (χ0v) is 25.3. The summed E-state index contributed by atoms with van der Waals surface area (Å²) in [5.74, 6) is -3.93. The van der Waals surface area contributed by atoms with Crippen molar-refractivity contribution in [3.05, 3.63) is 130 Å². The second-order valence-corrected chi connectivity index (χ2v) is 13.3. The molecule has 42 heavy (non-hydrogen) atoms. The number of hydrogen-bond donors (Lipinski definition) is 2. The van der Waals surface area contributed by atoms with E-state index in [4.69, 9.17) is 0 Å². The summed E-state index contributed by atoms with van der Waals surface area (Å²) in [6.07, 6.45) is 0. The van der Waals surface area contributed by atoms with Gasteiger partial charge in [0.2, 0.25) is 11.8 Å². The Morgan fingerprint density at radius 3 is 1.79 bits per heavy atom. The minimum absolute atomic E-state index is 0.0427. The normalized spacial score (nSPS) is 25.1. The van der Waals surface area contributed by atoms with Crippen molar-refractivity contribution in [3.8, 4) is 0 Å². The SMILES string of the molecule is Cc1ccc(C(=O)O)c(NC(=O)c2cccc(N3C(=O)[C@@H]4[C@H](C3=O)C3(Br)c5ccccc5C4(Br)c4ccccc43)c2)c1. The van der Waals surface area contributed by atoms with E-state index in [1.54, 1.807) is 37.3 Å². The van der Waals surface area contributed by atoms with Crippen LogP contribution in [-0.2, 0) is 18.2 Å². The van der Waals surface area contributed by atoms with Crippen LogP contribution in [0.1, 0.15) is 48.5 Å². The number of benzene rings is 4. The van der Waals surface area contributed by atoms with Crippen molar-refractivity contribution in [2.75, 3.05) is 10.2 Å². The highest BCUT2D eigenvalue weighted by atomic mass is 79.9. The number of aryl methyl sites for hydroxylation is 1. The molecular weight excluding hydrogens is 664 g/mol. The molecule has 3 amide bonds. The minimum Gasteiger partial charge on any atom is -0.478 e. The lowest BCUT2D eigenvalue weighted by atomic mass is 9.54. The smallest absolute Gasteiger partial charge is 0.337 e. The van der Waals surface area contributed by atoms with Gasteiger partial charge in [-0.25, -0.2) is 9.69 Å². The zero-order valence-electron chi connectivity index (χ0n) is 22.1. The Morgan fingerprint density at radius 1 is 0.762 bits per heavy atom. The van der Waals surface area contributed by atoms with Crippen LogP contribution in [0.4, 0.5) is 11.4 Å². The van der Waals surface area contributed by atoms with Gasteiger partial charge in [-0.3, -0.25) is 14.4 Å². The van der Waals surface area contributed by atoms with Crippen LogP contribution in [0, 0.1) is 18.8 Å². The van der Waals surface area contributed by atoms with E-state index in [1.165, 1.54) is 17.0 Å². The first-order chi connectivity index (χ1) is 20.1. The number of nitrogens with zero attached hydrogens (tertiary/aromatic N) is 1. The topological polar surface area (TPSA) is 104 Å². The Kier molecular flexibility index (Phi) is 5.88. The molecule has 4 aromatic carbocycles. The number of carboxylic acid groups (broad SMARTS) is 1. The summed E-state index contributed by atoms with van der Waals surface area (Å²) in [6.45, 7) is 1.79. The van der Waals surface area contributed by atoms with E-state index in [0.717, 1.165) is 27.8 Å². The number of anilines is 2. The lowest BCUT2D eigenvalue weighted by molar-refractivity contribution is -0.122. The van der Waals surface area contributed by atoms with Crippen molar-refractivity contribution in [1.29, 1.82) is 0 Å². The van der Waals surface area contributed by atoms with Crippen molar-refractivity contribution in [2.45, 2.75) is 15.6 Å². The van der Waals surface area contributed by atoms with E-state index in [2.05, 4.69) is 37.2 Å². The predicted octanol–water partition coefficient (Wildman–Crippen LogP) is 6.36. The van der Waals surface area contributed by atoms with E-state index < -0.39 is 32.4 Å². The third-order valence-corrected chi connectivity index (χ3v) is 11.3. The number of halogens is 2. The maximum atomic E-state index is 14.3. The lowest BCUT2D eigenvalue weighted by Gasteiger charge is -2.55. The molecule has 7 nitrogen and oxygen atoms in total. The Balaban J connectivity index is 1.30. The Bertz CT molecular complexity index is 1760. The fourth-order valence-electron chi connectivity index (χ4n) is 6.85. The van der Waals surface area contributed by atoms with Crippen molar-refractivity contribution < 1.29 is 24.3 Å². The van der Waals surface area contributed by atoms with Gasteiger partial charge in [-0.2, -0.15) is 0 Å². The molecule has 0 unspecified atom stereocenters. The summed E-state index contributed by atoms with van der Waals surface area (Å²) < 4.78 is -1.84. The van der Waals surface area contributed by atoms with Crippen LogP contribution in [0.25, 0.3) is 0 Å². The van der Waals surface area contributed by atoms with Gasteiger partial charge in [0.05, 0.1) is 37.4 Å². The number of amides is 3. The third kappa shape index (κ3) is 3.44. The van der Waals surface area contributed by atoms with Crippen molar-refractivity contribution in [1.82, 2.24) is 0 Å². The first-order valence-electron chi connectivity index (χ1n) is 13.3. The van der Waals surface area contributed by atoms with Gasteiger partial charge in [0.25, 0.3) is 5.91 Å². The number of alkyl halides is 2. The maximum Gasteiger partial charge on any atom is 0.337 e. The molecule has 0 spiro atoms. The fourth-order valence-corrected chi connectivity index (χ4v) is 9.15. The quantitative estimate of drug-likeness (QED) is 0.192. The third-order valence-electron chi connectivity index (χ3n) is 8.61. The summed E-state index contributed by atoms with van der Waals surface area (Å²) in [5.41, 5.74) is 5.09. The minimum atomic E-state index is -1.17. The summed E-state index contributed by atoms with van der Waals surface area (Å²) in [4.78, 5) is 54.8. The number of carbonyl (C=O) groups excluding carboxylic acids is 3. The first-order valence-corrected chi connectivity index (χ1v) is 14.9. The summed E-state index contributed by atoms with van der Waals surface area (Å²) in [6, 6.07) is 26.7. The van der Waals surface area contributed by atoms with E-state index in [1.807, 2.05) is 48.5 Å². The fraction of sp³-hybridized carbons (Fsp3) is 0.152. The highest BCUT2D eigenvalue weighted by Gasteiger charge is 2.72. The van der Waals surface area contributed by atoms with Gasteiger partial charge in [-0.1, -0.05) is 92.5 Å². The Hall–Kier alpha value is -4.08. The van der Waals surface area contributed by atoms with Gasteiger partial charge in [-0.15, -0.1) is 0 Å². The van der Waals surface area contributed by atoms with E-state index in [-0.39, 0.29) is 34.3 Å². The van der Waals surface area contributed by atoms with E-state index >= 15 is 0 Å². The van der Waals surface area contributed by atoms with Gasteiger partial charge < -0.3 is 10.4 Å². The van der Waals surface area contributed by atoms with Crippen molar-refractivity contribution in [3.63, 3.8) is 0 Å². The van der Waals surface area contributed by atoms with Gasteiger partial charge in [0.15, 0.2) is 0 Å². The molecule has 1 heterocycles. The number of nitrogens with one attached hydrogen (secondary N) is 1. The standard InChI is InChI=1S/C33H22Br2N2O5/c1-17-13-14-20(31(41)42)25(15-17)36-28(38)18-7-6-8-19(16-18)37-29(39)26-27(30(37)40)33(35)22-10-3-2-9-21(22)32(26,34)23-11-4-5-12-24(23)33/h2-16,26-27H,1H3,(H,36,38)(H,41,42)/t26-,27+,32?,33?. The van der Waals surface area contributed by atoms with Crippen LogP contribution >= 0.6 is 31.9 Å². The number of hydrogen-bond acceptors (Lipinski definition) is 4. The highest BCUT2D eigenvalue weighted by Crippen LogP contribution is 2.70. The molecule has 1 saturated heterocycles. The number of carbonyl (C=O) groups is 4. The van der Waals surface area contributed by atoms with Crippen molar-refractivity contribution in [2.24, 2.45) is 11.8 Å². The number of rotatable bonds is 4. The molecule has 208 valence electrons. The molecule has 1 aliphatic heterocycles. The molecule has 4 aliphatic rings. The van der Waals surface area contributed by atoms with Crippen LogP contribution < -0.4 is 10.2 Å². The summed E-state index contributed by atoms with van der Waals surface area (Å²) in [5, 5.41) is 12.2. The maximum absolute atomic E-state index is 14.3. The highest BCUT2D eigenvalue weighted by molar-refractivity contribution is 9.10. The van der Waals surface area contributed by atoms with Crippen LogP contribution in [0.2, 0.25) is 0 Å². The monoisotopic (exact) mass is 684 g/mol. The number of carboxylic acids is 1. The Morgan fingerprint density at radius 2 is 1.29 bits per heavy atom. The molecule has 1 fully saturated rings.